The van der Waals surface area contributed by atoms with E-state index >= 15 is 0 Å². The van der Waals surface area contributed by atoms with Gasteiger partial charge in [0.05, 0.1) is 12.7 Å². The predicted octanol–water partition coefficient (Wildman–Crippen LogP) is 1.89. The Kier molecular flexibility index (Phi) is 3.57. The zero-order chi connectivity index (χ0) is 11.6. The molecule has 82 valence electrons. The first-order valence-electron chi connectivity index (χ1n) is 3.79. The van der Waals surface area contributed by atoms with Crippen molar-refractivity contribution in [3.05, 3.63) is 21.9 Å². The van der Waals surface area contributed by atoms with Gasteiger partial charge in [0, 0.05) is 0 Å². The topological polar surface area (TPSA) is 65.2 Å². The number of rotatable bonds is 3. The number of pyridine rings is 1. The molecule has 4 nitrogen and oxygen atoms in total. The molecular weight excluding hydrogens is 274 g/mol. The molecule has 0 spiro atoms. The third-order valence-corrected chi connectivity index (χ3v) is 2.23. The Morgan fingerprint density at radius 3 is 2.67 bits per heavy atom. The van der Waals surface area contributed by atoms with Crippen LogP contribution in [0, 0.1) is 0 Å². The summed E-state index contributed by atoms with van der Waals surface area (Å²) < 4.78 is 29.9. The lowest BCUT2D eigenvalue weighted by Gasteiger charge is -2.08. The number of aromatic nitrogens is 1. The Labute approximate surface area is 92.6 Å². The highest BCUT2D eigenvalue weighted by Crippen LogP contribution is 2.29. The molecule has 1 heterocycles. The van der Waals surface area contributed by atoms with Crippen LogP contribution in [0.5, 0.6) is 5.75 Å². The Morgan fingerprint density at radius 1 is 1.67 bits per heavy atom. The maximum Gasteiger partial charge on any atom is 0.281 e. The van der Waals surface area contributed by atoms with Gasteiger partial charge in [0.2, 0.25) is 0 Å². The van der Waals surface area contributed by atoms with Crippen LogP contribution in [0.4, 0.5) is 8.78 Å². The van der Waals surface area contributed by atoms with E-state index in [1.54, 1.807) is 0 Å². The highest BCUT2D eigenvalue weighted by Gasteiger charge is 2.21. The molecule has 0 bridgehead atoms. The molecule has 7 heteroatoms. The number of hydrogen-bond donors (Lipinski definition) is 1. The first-order chi connectivity index (χ1) is 6.97. The maximum absolute atomic E-state index is 12.5. The van der Waals surface area contributed by atoms with E-state index in [9.17, 15) is 13.6 Å². The third kappa shape index (κ3) is 2.41. The second-order valence-electron chi connectivity index (χ2n) is 2.58. The maximum atomic E-state index is 12.5. The van der Waals surface area contributed by atoms with Gasteiger partial charge in [-0.25, -0.2) is 13.8 Å². The minimum absolute atomic E-state index is 0.102. The second kappa shape index (κ2) is 4.52. The van der Waals surface area contributed by atoms with E-state index in [0.29, 0.717) is 0 Å². The molecule has 0 aromatic carbocycles. The zero-order valence-corrected chi connectivity index (χ0v) is 9.22. The van der Waals surface area contributed by atoms with Crippen LogP contribution >= 0.6 is 15.9 Å². The number of alkyl halides is 2. The second-order valence-corrected chi connectivity index (χ2v) is 3.33. The molecule has 0 aliphatic heterocycles. The minimum atomic E-state index is -2.87. The SMILES string of the molecule is COc1cc(C(N)=O)c(C(F)F)nc1Br. The van der Waals surface area contributed by atoms with Crippen LogP contribution in [0.1, 0.15) is 22.5 Å². The van der Waals surface area contributed by atoms with Gasteiger partial charge in [-0.05, 0) is 22.0 Å². The van der Waals surface area contributed by atoms with Gasteiger partial charge in [-0.3, -0.25) is 4.79 Å². The van der Waals surface area contributed by atoms with E-state index in [4.69, 9.17) is 10.5 Å². The molecule has 1 aromatic rings. The van der Waals surface area contributed by atoms with E-state index in [2.05, 4.69) is 20.9 Å². The number of nitrogens with zero attached hydrogens (tertiary/aromatic N) is 1. The Bertz CT molecular complexity index is 398. The van der Waals surface area contributed by atoms with Crippen LogP contribution in [-0.4, -0.2) is 18.0 Å². The molecule has 1 aromatic heterocycles. The molecule has 1 amide bonds. The van der Waals surface area contributed by atoms with Gasteiger partial charge in [0.25, 0.3) is 12.3 Å². The van der Waals surface area contributed by atoms with Gasteiger partial charge in [-0.2, -0.15) is 0 Å². The largest absolute Gasteiger partial charge is 0.494 e. The van der Waals surface area contributed by atoms with Crippen molar-refractivity contribution in [1.82, 2.24) is 4.98 Å². The summed E-state index contributed by atoms with van der Waals surface area (Å²) in [6, 6.07) is 1.13. The van der Waals surface area contributed by atoms with Crippen molar-refractivity contribution >= 4 is 21.8 Å². The zero-order valence-electron chi connectivity index (χ0n) is 7.63. The first-order valence-corrected chi connectivity index (χ1v) is 4.59. The summed E-state index contributed by atoms with van der Waals surface area (Å²) in [7, 11) is 1.33. The van der Waals surface area contributed by atoms with Crippen molar-refractivity contribution in [1.29, 1.82) is 0 Å². The molecule has 0 saturated carbocycles. The normalized spacial score (nSPS) is 10.5. The third-order valence-electron chi connectivity index (χ3n) is 1.67. The van der Waals surface area contributed by atoms with Gasteiger partial charge < -0.3 is 10.5 Å². The molecule has 0 radical (unpaired) electrons. The molecule has 0 fully saturated rings. The van der Waals surface area contributed by atoms with Gasteiger partial charge in [-0.15, -0.1) is 0 Å². The molecule has 2 N–H and O–H groups in total. The van der Waals surface area contributed by atoms with Gasteiger partial charge in [-0.1, -0.05) is 0 Å². The summed E-state index contributed by atoms with van der Waals surface area (Å²) in [6.45, 7) is 0. The Morgan fingerprint density at radius 2 is 2.27 bits per heavy atom. The van der Waals surface area contributed by atoms with E-state index in [1.165, 1.54) is 7.11 Å². The van der Waals surface area contributed by atoms with Crippen LogP contribution in [0.2, 0.25) is 0 Å². The fourth-order valence-corrected chi connectivity index (χ4v) is 1.46. The number of halogens is 3. The lowest BCUT2D eigenvalue weighted by molar-refractivity contribution is 0.0982. The average molecular weight is 281 g/mol. The number of carbonyl (C=O) groups is 1. The van der Waals surface area contributed by atoms with E-state index in [0.717, 1.165) is 6.07 Å². The summed E-state index contributed by atoms with van der Waals surface area (Å²) >= 11 is 2.94. The Hall–Kier alpha value is -1.24. The summed E-state index contributed by atoms with van der Waals surface area (Å²) in [5, 5.41) is 0. The van der Waals surface area contributed by atoms with Crippen molar-refractivity contribution in [3.63, 3.8) is 0 Å². The van der Waals surface area contributed by atoms with Crippen LogP contribution in [-0.2, 0) is 0 Å². The van der Waals surface area contributed by atoms with Gasteiger partial charge in [0.15, 0.2) is 5.75 Å². The Balaban J connectivity index is 3.39. The highest BCUT2D eigenvalue weighted by molar-refractivity contribution is 9.10. The van der Waals surface area contributed by atoms with Crippen molar-refractivity contribution in [3.8, 4) is 5.75 Å². The number of amides is 1. The lowest BCUT2D eigenvalue weighted by Crippen LogP contribution is -2.15. The number of nitrogens with two attached hydrogens (primary N) is 1. The number of ether oxygens (including phenoxy) is 1. The number of methoxy groups -OCH3 is 1. The smallest absolute Gasteiger partial charge is 0.281 e. The molecule has 0 unspecified atom stereocenters. The molecule has 0 atom stereocenters. The highest BCUT2D eigenvalue weighted by atomic mass is 79.9. The predicted molar refractivity (Wildman–Crippen MR) is 52.0 cm³/mol. The molecule has 0 aliphatic carbocycles. The van der Waals surface area contributed by atoms with Crippen molar-refractivity contribution in [2.45, 2.75) is 6.43 Å². The van der Waals surface area contributed by atoms with Gasteiger partial charge >= 0.3 is 0 Å². The number of carbonyl (C=O) groups excluding carboxylic acids is 1. The summed E-state index contributed by atoms with van der Waals surface area (Å²) in [6.07, 6.45) is -2.87. The van der Waals surface area contributed by atoms with Crippen LogP contribution in [0.25, 0.3) is 0 Å². The summed E-state index contributed by atoms with van der Waals surface area (Å²) in [5.74, 6) is -0.795. The van der Waals surface area contributed by atoms with Crippen LogP contribution in [0.3, 0.4) is 0 Å². The monoisotopic (exact) mass is 280 g/mol. The van der Waals surface area contributed by atoms with Crippen LogP contribution in [0.15, 0.2) is 10.7 Å². The minimum Gasteiger partial charge on any atom is -0.494 e. The van der Waals surface area contributed by atoms with Crippen molar-refractivity contribution < 1.29 is 18.3 Å². The van der Waals surface area contributed by atoms with Crippen LogP contribution < -0.4 is 10.5 Å². The molecule has 1 rings (SSSR count). The fraction of sp³-hybridized carbons (Fsp3) is 0.250. The first kappa shape index (κ1) is 11.8. The lowest BCUT2D eigenvalue weighted by atomic mass is 10.2. The molecule has 15 heavy (non-hydrogen) atoms. The summed E-state index contributed by atoms with van der Waals surface area (Å²) in [4.78, 5) is 14.4. The molecular formula is C8H7BrF2N2O2. The van der Waals surface area contributed by atoms with E-state index in [1.807, 2.05) is 0 Å². The standard InChI is InChI=1S/C8H7BrF2N2O2/c1-15-4-2-3(8(12)14)5(7(10)11)13-6(4)9/h2,7H,1H3,(H2,12,14). The van der Waals surface area contributed by atoms with Crippen molar-refractivity contribution in [2.75, 3.05) is 7.11 Å². The molecule has 0 aliphatic rings. The number of hydrogen-bond acceptors (Lipinski definition) is 3. The molecule has 0 saturated heterocycles. The number of primary amides is 1. The quantitative estimate of drug-likeness (QED) is 0.860. The van der Waals surface area contributed by atoms with Crippen molar-refractivity contribution in [2.24, 2.45) is 5.73 Å². The van der Waals surface area contributed by atoms with E-state index < -0.39 is 18.0 Å². The van der Waals surface area contributed by atoms with E-state index in [-0.39, 0.29) is 15.9 Å². The average Bonchev–Trinajstić information content (AvgIpc) is 2.16. The fourth-order valence-electron chi connectivity index (χ4n) is 0.993. The summed E-state index contributed by atoms with van der Waals surface area (Å²) in [5.41, 5.74) is 3.94. The van der Waals surface area contributed by atoms with Gasteiger partial charge in [0.1, 0.15) is 10.3 Å².